The van der Waals surface area contributed by atoms with Gasteiger partial charge in [0.05, 0.1) is 11.3 Å². The molecule has 1 aliphatic rings. The SMILES string of the molecule is Cn1cc(C(=O)N2CCC(c3ccc(F)cc3)CC2)c(Nc2ccc(F)c(F)c2)c(Cl)c1=O. The van der Waals surface area contributed by atoms with Gasteiger partial charge in [-0.15, -0.1) is 0 Å². The van der Waals surface area contributed by atoms with E-state index in [9.17, 15) is 22.8 Å². The highest BCUT2D eigenvalue weighted by atomic mass is 35.5. The number of amides is 1. The molecular weight excluding hydrogens is 455 g/mol. The van der Waals surface area contributed by atoms with E-state index in [0.29, 0.717) is 25.9 Å². The summed E-state index contributed by atoms with van der Waals surface area (Å²) < 4.78 is 41.4. The van der Waals surface area contributed by atoms with E-state index in [4.69, 9.17) is 11.6 Å². The predicted molar refractivity (Wildman–Crippen MR) is 121 cm³/mol. The molecule has 2 aromatic carbocycles. The lowest BCUT2D eigenvalue weighted by Crippen LogP contribution is -2.39. The summed E-state index contributed by atoms with van der Waals surface area (Å²) in [6.45, 7) is 0.928. The molecule has 5 nitrogen and oxygen atoms in total. The second kappa shape index (κ2) is 9.31. The minimum Gasteiger partial charge on any atom is -0.353 e. The molecule has 0 radical (unpaired) electrons. The molecule has 1 amide bonds. The molecule has 0 unspecified atom stereocenters. The van der Waals surface area contributed by atoms with Crippen LogP contribution in [0.15, 0.2) is 53.5 Å². The number of nitrogens with one attached hydrogen (secondary N) is 1. The number of anilines is 2. The van der Waals surface area contributed by atoms with Gasteiger partial charge < -0.3 is 14.8 Å². The molecule has 33 heavy (non-hydrogen) atoms. The monoisotopic (exact) mass is 475 g/mol. The number of hydrogen-bond donors (Lipinski definition) is 1. The van der Waals surface area contributed by atoms with Crippen LogP contribution in [0.5, 0.6) is 0 Å². The summed E-state index contributed by atoms with van der Waals surface area (Å²) in [6, 6.07) is 9.52. The number of halogens is 4. The smallest absolute Gasteiger partial charge is 0.271 e. The number of rotatable bonds is 4. The summed E-state index contributed by atoms with van der Waals surface area (Å²) in [7, 11) is 1.48. The molecule has 1 aromatic heterocycles. The van der Waals surface area contributed by atoms with Gasteiger partial charge in [-0.25, -0.2) is 13.2 Å². The Kier molecular flexibility index (Phi) is 6.47. The van der Waals surface area contributed by atoms with Gasteiger partial charge in [0.25, 0.3) is 11.5 Å². The molecule has 2 heterocycles. The predicted octanol–water partition coefficient (Wildman–Crippen LogP) is 5.22. The van der Waals surface area contributed by atoms with E-state index in [1.165, 1.54) is 36.0 Å². The Bertz CT molecular complexity index is 1250. The van der Waals surface area contributed by atoms with E-state index in [2.05, 4.69) is 5.32 Å². The van der Waals surface area contributed by atoms with E-state index in [1.807, 2.05) is 0 Å². The van der Waals surface area contributed by atoms with Crippen molar-refractivity contribution in [3.05, 3.63) is 92.6 Å². The normalized spacial score (nSPS) is 14.4. The molecule has 0 bridgehead atoms. The minimum atomic E-state index is -1.07. The van der Waals surface area contributed by atoms with Gasteiger partial charge in [0.2, 0.25) is 0 Å². The van der Waals surface area contributed by atoms with Crippen LogP contribution >= 0.6 is 11.6 Å². The quantitative estimate of drug-likeness (QED) is 0.563. The third kappa shape index (κ3) is 4.75. The molecule has 0 atom stereocenters. The van der Waals surface area contributed by atoms with Crippen LogP contribution in [0.3, 0.4) is 0 Å². The fraction of sp³-hybridized carbons (Fsp3) is 0.250. The summed E-state index contributed by atoms with van der Waals surface area (Å²) in [6.07, 6.45) is 2.77. The zero-order chi connectivity index (χ0) is 23.7. The van der Waals surface area contributed by atoms with Crippen LogP contribution in [0.4, 0.5) is 24.5 Å². The van der Waals surface area contributed by atoms with Crippen LogP contribution in [-0.4, -0.2) is 28.5 Å². The van der Waals surface area contributed by atoms with Crippen molar-refractivity contribution in [3.63, 3.8) is 0 Å². The number of aryl methyl sites for hydroxylation is 1. The highest BCUT2D eigenvalue weighted by Gasteiger charge is 2.28. The van der Waals surface area contributed by atoms with E-state index < -0.39 is 17.2 Å². The molecule has 1 saturated heterocycles. The number of aromatic nitrogens is 1. The summed E-state index contributed by atoms with van der Waals surface area (Å²) in [5.41, 5.74) is 0.819. The number of likely N-dealkylation sites (tertiary alicyclic amines) is 1. The average Bonchev–Trinajstić information content (AvgIpc) is 2.82. The fourth-order valence-electron chi connectivity index (χ4n) is 4.02. The zero-order valence-electron chi connectivity index (χ0n) is 17.7. The van der Waals surface area contributed by atoms with Gasteiger partial charge in [0.1, 0.15) is 10.8 Å². The highest BCUT2D eigenvalue weighted by Crippen LogP contribution is 2.32. The Hall–Kier alpha value is -3.26. The van der Waals surface area contributed by atoms with Crippen molar-refractivity contribution in [1.29, 1.82) is 0 Å². The molecule has 1 fully saturated rings. The summed E-state index contributed by atoms with van der Waals surface area (Å²) in [5, 5.41) is 2.57. The molecule has 9 heteroatoms. The first-order valence-electron chi connectivity index (χ1n) is 10.4. The Balaban J connectivity index is 1.59. The van der Waals surface area contributed by atoms with E-state index in [0.717, 1.165) is 17.7 Å². The van der Waals surface area contributed by atoms with Gasteiger partial charge in [-0.3, -0.25) is 9.59 Å². The number of piperidine rings is 1. The molecule has 172 valence electrons. The zero-order valence-corrected chi connectivity index (χ0v) is 18.5. The van der Waals surface area contributed by atoms with Gasteiger partial charge in [0, 0.05) is 38.1 Å². The summed E-state index contributed by atoms with van der Waals surface area (Å²) in [5.74, 6) is -2.51. The van der Waals surface area contributed by atoms with E-state index in [1.54, 1.807) is 17.0 Å². The van der Waals surface area contributed by atoms with Crippen molar-refractivity contribution in [2.24, 2.45) is 7.05 Å². The third-order valence-corrected chi connectivity index (χ3v) is 6.21. The van der Waals surface area contributed by atoms with Crippen LogP contribution in [0.1, 0.15) is 34.7 Å². The Labute approximate surface area is 193 Å². The molecule has 1 aliphatic heterocycles. The van der Waals surface area contributed by atoms with Crippen LogP contribution in [0, 0.1) is 17.5 Å². The van der Waals surface area contributed by atoms with Gasteiger partial charge >= 0.3 is 0 Å². The lowest BCUT2D eigenvalue weighted by atomic mass is 9.89. The maximum absolute atomic E-state index is 13.7. The van der Waals surface area contributed by atoms with Gasteiger partial charge in [-0.05, 0) is 48.6 Å². The maximum Gasteiger partial charge on any atom is 0.271 e. The van der Waals surface area contributed by atoms with Gasteiger partial charge in [0.15, 0.2) is 11.6 Å². The van der Waals surface area contributed by atoms with Crippen molar-refractivity contribution in [2.45, 2.75) is 18.8 Å². The van der Waals surface area contributed by atoms with Crippen molar-refractivity contribution in [3.8, 4) is 0 Å². The average molecular weight is 476 g/mol. The Morgan fingerprint density at radius 1 is 1.03 bits per heavy atom. The second-order valence-electron chi connectivity index (χ2n) is 8.02. The molecule has 4 rings (SSSR count). The van der Waals surface area contributed by atoms with Crippen LogP contribution in [0.25, 0.3) is 0 Å². The van der Waals surface area contributed by atoms with Crippen molar-refractivity contribution >= 4 is 28.9 Å². The van der Waals surface area contributed by atoms with Crippen molar-refractivity contribution < 1.29 is 18.0 Å². The molecule has 1 N–H and O–H groups in total. The molecular formula is C24H21ClF3N3O2. The highest BCUT2D eigenvalue weighted by molar-refractivity contribution is 6.34. The fourth-order valence-corrected chi connectivity index (χ4v) is 4.30. The maximum atomic E-state index is 13.7. The first kappa shape index (κ1) is 22.9. The summed E-state index contributed by atoms with van der Waals surface area (Å²) in [4.78, 5) is 27.4. The number of carbonyl (C=O) groups is 1. The minimum absolute atomic E-state index is 0.0384. The number of benzene rings is 2. The number of carbonyl (C=O) groups excluding carboxylic acids is 1. The Morgan fingerprint density at radius 3 is 2.33 bits per heavy atom. The van der Waals surface area contributed by atoms with E-state index >= 15 is 0 Å². The van der Waals surface area contributed by atoms with Crippen molar-refractivity contribution in [2.75, 3.05) is 18.4 Å². The lowest BCUT2D eigenvalue weighted by Gasteiger charge is -2.33. The molecule has 0 aliphatic carbocycles. The topological polar surface area (TPSA) is 54.3 Å². The lowest BCUT2D eigenvalue weighted by molar-refractivity contribution is 0.0713. The van der Waals surface area contributed by atoms with Gasteiger partial charge in [-0.1, -0.05) is 23.7 Å². The Morgan fingerprint density at radius 2 is 1.70 bits per heavy atom. The first-order chi connectivity index (χ1) is 15.7. The summed E-state index contributed by atoms with van der Waals surface area (Å²) >= 11 is 6.26. The number of pyridine rings is 1. The van der Waals surface area contributed by atoms with Crippen LogP contribution in [0.2, 0.25) is 5.02 Å². The largest absolute Gasteiger partial charge is 0.353 e. The molecule has 0 saturated carbocycles. The number of nitrogens with zero attached hydrogens (tertiary/aromatic N) is 2. The standard InChI is InChI=1S/C24H21ClF3N3O2/c1-30-13-18(22(21(25)24(30)33)29-17-6-7-19(27)20(28)12-17)23(32)31-10-8-15(9-11-31)14-2-4-16(26)5-3-14/h2-7,12-13,15,29H,8-11H2,1H3. The molecule has 0 spiro atoms. The van der Waals surface area contributed by atoms with Gasteiger partial charge in [-0.2, -0.15) is 0 Å². The second-order valence-corrected chi connectivity index (χ2v) is 8.40. The third-order valence-electron chi connectivity index (χ3n) is 5.86. The van der Waals surface area contributed by atoms with E-state index in [-0.39, 0.29) is 39.6 Å². The van der Waals surface area contributed by atoms with Crippen LogP contribution in [-0.2, 0) is 7.05 Å². The van der Waals surface area contributed by atoms with Crippen molar-refractivity contribution in [1.82, 2.24) is 9.47 Å². The number of hydrogen-bond acceptors (Lipinski definition) is 3. The first-order valence-corrected chi connectivity index (χ1v) is 10.8. The molecule has 3 aromatic rings. The van der Waals surface area contributed by atoms with Crippen LogP contribution < -0.4 is 10.9 Å².